The Morgan fingerprint density at radius 2 is 2.07 bits per heavy atom. The molecule has 1 saturated carbocycles. The van der Waals surface area contributed by atoms with Crippen molar-refractivity contribution in [1.29, 1.82) is 0 Å². The Labute approximate surface area is 82.3 Å². The van der Waals surface area contributed by atoms with Crippen molar-refractivity contribution in [2.24, 2.45) is 0 Å². The molecule has 1 aliphatic heterocycles. The highest BCUT2D eigenvalue weighted by atomic mass is 16.7. The molecule has 74 valence electrons. The molecule has 1 N–H and O–H groups in total. The van der Waals surface area contributed by atoms with Crippen LogP contribution in [-0.2, 0) is 5.60 Å². The Bertz CT molecular complexity index is 394. The minimum atomic E-state index is -0.650. The minimum Gasteiger partial charge on any atom is -0.454 e. The normalized spacial score (nSPS) is 21.0. The van der Waals surface area contributed by atoms with Crippen LogP contribution in [0.3, 0.4) is 0 Å². The molecule has 3 nitrogen and oxygen atoms in total. The van der Waals surface area contributed by atoms with E-state index in [1.165, 1.54) is 0 Å². The summed E-state index contributed by atoms with van der Waals surface area (Å²) in [6, 6.07) is 3.87. The third-order valence-electron chi connectivity index (χ3n) is 2.94. The van der Waals surface area contributed by atoms with Gasteiger partial charge in [-0.1, -0.05) is 6.07 Å². The quantitative estimate of drug-likeness (QED) is 0.736. The average Bonchev–Trinajstić information content (AvgIpc) is 2.74. The molecule has 1 heterocycles. The predicted molar refractivity (Wildman–Crippen MR) is 50.4 cm³/mol. The smallest absolute Gasteiger partial charge is 0.231 e. The first-order valence-corrected chi connectivity index (χ1v) is 4.83. The summed E-state index contributed by atoms with van der Waals surface area (Å²) in [5.74, 6) is 1.50. The number of hydrogen-bond donors (Lipinski definition) is 1. The van der Waals surface area contributed by atoms with Gasteiger partial charge in [0.1, 0.15) is 0 Å². The highest BCUT2D eigenvalue weighted by Gasteiger charge is 2.46. The van der Waals surface area contributed by atoms with Gasteiger partial charge in [-0.2, -0.15) is 0 Å². The number of ether oxygens (including phenoxy) is 2. The van der Waals surface area contributed by atoms with E-state index in [1.54, 1.807) is 0 Å². The molecule has 1 aliphatic carbocycles. The largest absolute Gasteiger partial charge is 0.454 e. The van der Waals surface area contributed by atoms with Gasteiger partial charge in [-0.25, -0.2) is 0 Å². The Balaban J connectivity index is 2.21. The van der Waals surface area contributed by atoms with Gasteiger partial charge in [0.05, 0.1) is 5.60 Å². The van der Waals surface area contributed by atoms with Crippen molar-refractivity contribution in [3.8, 4) is 11.5 Å². The predicted octanol–water partition coefficient (Wildman–Crippen LogP) is 1.71. The Morgan fingerprint density at radius 3 is 2.79 bits per heavy atom. The number of aliphatic hydroxyl groups is 1. The Hall–Kier alpha value is -1.22. The lowest BCUT2D eigenvalue weighted by Gasteiger charge is -2.14. The molecule has 2 aliphatic rings. The number of aryl methyl sites for hydroxylation is 1. The number of fused-ring (bicyclic) bond motifs is 1. The van der Waals surface area contributed by atoms with Crippen molar-refractivity contribution in [2.75, 3.05) is 6.79 Å². The number of hydrogen-bond acceptors (Lipinski definition) is 3. The van der Waals surface area contributed by atoms with Crippen LogP contribution in [0.15, 0.2) is 12.1 Å². The molecule has 3 heteroatoms. The molecule has 14 heavy (non-hydrogen) atoms. The molecule has 1 aromatic rings. The van der Waals surface area contributed by atoms with E-state index >= 15 is 0 Å². The van der Waals surface area contributed by atoms with Crippen LogP contribution >= 0.6 is 0 Å². The van der Waals surface area contributed by atoms with Crippen LogP contribution in [0.4, 0.5) is 0 Å². The molecule has 0 unspecified atom stereocenters. The van der Waals surface area contributed by atoms with E-state index in [0.29, 0.717) is 0 Å². The van der Waals surface area contributed by atoms with E-state index in [4.69, 9.17) is 9.47 Å². The molecule has 1 aromatic carbocycles. The first-order chi connectivity index (χ1) is 6.71. The van der Waals surface area contributed by atoms with E-state index in [0.717, 1.165) is 35.5 Å². The maximum Gasteiger partial charge on any atom is 0.231 e. The van der Waals surface area contributed by atoms with E-state index in [9.17, 15) is 5.11 Å². The van der Waals surface area contributed by atoms with Gasteiger partial charge in [-0.15, -0.1) is 0 Å². The topological polar surface area (TPSA) is 38.7 Å². The van der Waals surface area contributed by atoms with E-state index < -0.39 is 5.60 Å². The fourth-order valence-corrected chi connectivity index (χ4v) is 2.02. The standard InChI is InChI=1S/C11H12O3/c1-7-2-3-8-10(14-6-13-8)9(7)11(12)4-5-11/h2-3,12H,4-6H2,1H3. The Kier molecular flexibility index (Phi) is 1.40. The number of benzene rings is 1. The molecule has 1 fully saturated rings. The molecule has 0 atom stereocenters. The second-order valence-corrected chi connectivity index (χ2v) is 4.02. The molecular formula is C11H12O3. The van der Waals surface area contributed by atoms with E-state index in [1.807, 2.05) is 19.1 Å². The van der Waals surface area contributed by atoms with Crippen molar-refractivity contribution >= 4 is 0 Å². The Morgan fingerprint density at radius 1 is 1.29 bits per heavy atom. The van der Waals surface area contributed by atoms with Crippen LogP contribution in [0.1, 0.15) is 24.0 Å². The third kappa shape index (κ3) is 0.960. The summed E-state index contributed by atoms with van der Waals surface area (Å²) in [5, 5.41) is 10.1. The molecule has 0 saturated heterocycles. The molecular weight excluding hydrogens is 180 g/mol. The first kappa shape index (κ1) is 8.12. The van der Waals surface area contributed by atoms with Gasteiger partial charge < -0.3 is 14.6 Å². The van der Waals surface area contributed by atoms with Gasteiger partial charge in [0, 0.05) is 5.56 Å². The summed E-state index contributed by atoms with van der Waals surface area (Å²) < 4.78 is 10.7. The van der Waals surface area contributed by atoms with Gasteiger partial charge in [-0.05, 0) is 31.4 Å². The van der Waals surface area contributed by atoms with Crippen molar-refractivity contribution in [3.05, 3.63) is 23.3 Å². The van der Waals surface area contributed by atoms with Gasteiger partial charge in [0.15, 0.2) is 11.5 Å². The highest BCUT2D eigenvalue weighted by Crippen LogP contribution is 2.53. The van der Waals surface area contributed by atoms with E-state index in [2.05, 4.69) is 0 Å². The van der Waals surface area contributed by atoms with Crippen LogP contribution in [0.5, 0.6) is 11.5 Å². The average molecular weight is 192 g/mol. The zero-order valence-corrected chi connectivity index (χ0v) is 8.04. The number of rotatable bonds is 1. The summed E-state index contributed by atoms with van der Waals surface area (Å²) in [7, 11) is 0. The summed E-state index contributed by atoms with van der Waals surface area (Å²) in [5.41, 5.74) is 1.35. The molecule has 0 spiro atoms. The first-order valence-electron chi connectivity index (χ1n) is 4.83. The minimum absolute atomic E-state index is 0.266. The van der Waals surface area contributed by atoms with Crippen molar-refractivity contribution in [3.63, 3.8) is 0 Å². The maximum absolute atomic E-state index is 10.1. The molecule has 0 amide bonds. The lowest BCUT2D eigenvalue weighted by atomic mass is 10.00. The van der Waals surface area contributed by atoms with Crippen molar-refractivity contribution < 1.29 is 14.6 Å². The summed E-state index contributed by atoms with van der Waals surface area (Å²) in [6.07, 6.45) is 1.65. The third-order valence-corrected chi connectivity index (χ3v) is 2.94. The van der Waals surface area contributed by atoms with Crippen LogP contribution in [-0.4, -0.2) is 11.9 Å². The molecule has 0 bridgehead atoms. The lowest BCUT2D eigenvalue weighted by Crippen LogP contribution is -2.08. The lowest BCUT2D eigenvalue weighted by molar-refractivity contribution is 0.139. The van der Waals surface area contributed by atoms with Gasteiger partial charge in [0.2, 0.25) is 6.79 Å². The fraction of sp³-hybridized carbons (Fsp3) is 0.455. The molecule has 3 rings (SSSR count). The van der Waals surface area contributed by atoms with Crippen LogP contribution in [0.2, 0.25) is 0 Å². The molecule has 0 radical (unpaired) electrons. The van der Waals surface area contributed by atoms with Crippen LogP contribution in [0.25, 0.3) is 0 Å². The summed E-state index contributed by atoms with van der Waals surface area (Å²) >= 11 is 0. The zero-order valence-electron chi connectivity index (χ0n) is 8.04. The highest BCUT2D eigenvalue weighted by molar-refractivity contribution is 5.55. The second kappa shape index (κ2) is 2.42. The summed E-state index contributed by atoms with van der Waals surface area (Å²) in [4.78, 5) is 0. The summed E-state index contributed by atoms with van der Waals surface area (Å²) in [6.45, 7) is 2.26. The van der Waals surface area contributed by atoms with Crippen LogP contribution in [0, 0.1) is 6.92 Å². The zero-order chi connectivity index (χ0) is 9.76. The monoisotopic (exact) mass is 192 g/mol. The van der Waals surface area contributed by atoms with Crippen molar-refractivity contribution in [1.82, 2.24) is 0 Å². The van der Waals surface area contributed by atoms with Crippen LogP contribution < -0.4 is 9.47 Å². The maximum atomic E-state index is 10.1. The SMILES string of the molecule is Cc1ccc2c(c1C1(O)CC1)OCO2. The van der Waals surface area contributed by atoms with E-state index in [-0.39, 0.29) is 6.79 Å². The second-order valence-electron chi connectivity index (χ2n) is 4.02. The van der Waals surface area contributed by atoms with Crippen molar-refractivity contribution in [2.45, 2.75) is 25.4 Å². The molecule has 0 aromatic heterocycles. The van der Waals surface area contributed by atoms with Gasteiger partial charge in [-0.3, -0.25) is 0 Å². The fourth-order valence-electron chi connectivity index (χ4n) is 2.02. The van der Waals surface area contributed by atoms with Gasteiger partial charge in [0.25, 0.3) is 0 Å². The van der Waals surface area contributed by atoms with Gasteiger partial charge >= 0.3 is 0 Å².